The minimum Gasteiger partial charge on any atom is -0.379 e. The number of nitrogens with two attached hydrogens (primary N) is 1. The van der Waals surface area contributed by atoms with E-state index in [2.05, 4.69) is 37.0 Å². The molecular formula is C17H29N3O2. The quantitative estimate of drug-likeness (QED) is 0.410. The third-order valence-electron chi connectivity index (χ3n) is 3.35. The van der Waals surface area contributed by atoms with Gasteiger partial charge in [-0.2, -0.15) is 0 Å². The highest BCUT2D eigenvalue weighted by Gasteiger charge is 2.02. The van der Waals surface area contributed by atoms with Crippen molar-refractivity contribution in [2.24, 2.45) is 10.7 Å². The molecule has 5 nitrogen and oxygen atoms in total. The second-order valence-electron chi connectivity index (χ2n) is 4.92. The summed E-state index contributed by atoms with van der Waals surface area (Å²) in [4.78, 5) is 6.50. The van der Waals surface area contributed by atoms with Crippen LogP contribution >= 0.6 is 0 Å². The van der Waals surface area contributed by atoms with Crippen LogP contribution in [0.5, 0.6) is 0 Å². The molecular weight excluding hydrogens is 278 g/mol. The zero-order valence-corrected chi connectivity index (χ0v) is 14.0. The summed E-state index contributed by atoms with van der Waals surface area (Å²) >= 11 is 0. The molecule has 0 aliphatic heterocycles. The van der Waals surface area contributed by atoms with Crippen LogP contribution in [0.2, 0.25) is 0 Å². The fourth-order valence-corrected chi connectivity index (χ4v) is 2.09. The maximum absolute atomic E-state index is 5.99. The molecule has 0 radical (unpaired) electrons. The second-order valence-corrected chi connectivity index (χ2v) is 4.92. The summed E-state index contributed by atoms with van der Waals surface area (Å²) in [5.41, 5.74) is 8.27. The van der Waals surface area contributed by atoms with Crippen LogP contribution in [0.4, 0.5) is 0 Å². The maximum Gasteiger partial charge on any atom is 0.191 e. The Morgan fingerprint density at radius 1 is 1.09 bits per heavy atom. The molecule has 0 aliphatic carbocycles. The van der Waals surface area contributed by atoms with Crippen LogP contribution in [-0.2, 0) is 22.6 Å². The number of guanidine groups is 1. The average molecular weight is 307 g/mol. The zero-order valence-electron chi connectivity index (χ0n) is 14.0. The van der Waals surface area contributed by atoms with E-state index < -0.39 is 0 Å². The Bertz CT molecular complexity index is 445. The van der Waals surface area contributed by atoms with E-state index in [1.54, 1.807) is 0 Å². The Balaban J connectivity index is 2.48. The molecule has 1 aromatic rings. The molecule has 0 saturated carbocycles. The largest absolute Gasteiger partial charge is 0.379 e. The van der Waals surface area contributed by atoms with Crippen molar-refractivity contribution in [3.05, 3.63) is 35.4 Å². The van der Waals surface area contributed by atoms with E-state index in [1.165, 1.54) is 0 Å². The van der Waals surface area contributed by atoms with Crippen molar-refractivity contribution in [1.82, 2.24) is 4.90 Å². The van der Waals surface area contributed by atoms with Crippen molar-refractivity contribution in [2.45, 2.75) is 33.9 Å². The van der Waals surface area contributed by atoms with Gasteiger partial charge in [-0.05, 0) is 31.9 Å². The Morgan fingerprint density at radius 3 is 2.45 bits per heavy atom. The molecule has 22 heavy (non-hydrogen) atoms. The van der Waals surface area contributed by atoms with Crippen LogP contribution < -0.4 is 5.73 Å². The highest BCUT2D eigenvalue weighted by Crippen LogP contribution is 2.08. The van der Waals surface area contributed by atoms with Crippen LogP contribution in [0.3, 0.4) is 0 Å². The van der Waals surface area contributed by atoms with Crippen molar-refractivity contribution in [3.63, 3.8) is 0 Å². The van der Waals surface area contributed by atoms with E-state index in [0.29, 0.717) is 32.3 Å². The standard InChI is InChI=1S/C17H29N3O2/c1-4-20(5-2)17(18)19-13-15-8-7-9-16(12-15)14-22-11-10-21-6-3/h7-9,12H,4-6,10-11,13-14H2,1-3H3,(H2,18,19). The second kappa shape index (κ2) is 11.0. The lowest BCUT2D eigenvalue weighted by molar-refractivity contribution is 0.0453. The van der Waals surface area contributed by atoms with Crippen LogP contribution in [-0.4, -0.2) is 43.8 Å². The predicted octanol–water partition coefficient (Wildman–Crippen LogP) is 2.40. The molecule has 0 heterocycles. The first-order chi connectivity index (χ1) is 10.7. The molecule has 0 fully saturated rings. The van der Waals surface area contributed by atoms with Gasteiger partial charge in [-0.15, -0.1) is 0 Å². The molecule has 0 unspecified atom stereocenters. The van der Waals surface area contributed by atoms with Crippen LogP contribution in [0.15, 0.2) is 29.3 Å². The van der Waals surface area contributed by atoms with Gasteiger partial charge in [-0.1, -0.05) is 24.3 Å². The summed E-state index contributed by atoms with van der Waals surface area (Å²) in [5, 5.41) is 0. The Morgan fingerprint density at radius 2 is 1.77 bits per heavy atom. The van der Waals surface area contributed by atoms with Crippen LogP contribution in [0.1, 0.15) is 31.9 Å². The molecule has 124 valence electrons. The molecule has 0 bridgehead atoms. The van der Waals surface area contributed by atoms with Crippen LogP contribution in [0.25, 0.3) is 0 Å². The summed E-state index contributed by atoms with van der Waals surface area (Å²) in [6, 6.07) is 8.25. The third-order valence-corrected chi connectivity index (χ3v) is 3.35. The number of hydrogen-bond donors (Lipinski definition) is 1. The average Bonchev–Trinajstić information content (AvgIpc) is 2.54. The monoisotopic (exact) mass is 307 g/mol. The van der Waals surface area contributed by atoms with E-state index >= 15 is 0 Å². The number of hydrogen-bond acceptors (Lipinski definition) is 3. The summed E-state index contributed by atoms with van der Waals surface area (Å²) in [7, 11) is 0. The van der Waals surface area contributed by atoms with Crippen LogP contribution in [0, 0.1) is 0 Å². The van der Waals surface area contributed by atoms with Gasteiger partial charge in [0.25, 0.3) is 0 Å². The van der Waals surface area contributed by atoms with Crippen molar-refractivity contribution in [2.75, 3.05) is 32.9 Å². The molecule has 0 aromatic heterocycles. The molecule has 0 aliphatic rings. The highest BCUT2D eigenvalue weighted by atomic mass is 16.5. The predicted molar refractivity (Wildman–Crippen MR) is 90.8 cm³/mol. The van der Waals surface area contributed by atoms with E-state index in [9.17, 15) is 0 Å². The van der Waals surface area contributed by atoms with Crippen molar-refractivity contribution in [1.29, 1.82) is 0 Å². The fourth-order valence-electron chi connectivity index (χ4n) is 2.09. The SMILES string of the molecule is CCOCCOCc1cccc(CN=C(N)N(CC)CC)c1. The molecule has 5 heteroatoms. The minimum atomic E-state index is 0.592. The van der Waals surface area contributed by atoms with Gasteiger partial charge in [0, 0.05) is 19.7 Å². The topological polar surface area (TPSA) is 60.1 Å². The Kier molecular flexibility index (Phi) is 9.26. The number of benzene rings is 1. The van der Waals surface area contributed by atoms with Gasteiger partial charge in [0.15, 0.2) is 5.96 Å². The third kappa shape index (κ3) is 6.91. The van der Waals surface area contributed by atoms with E-state index in [0.717, 1.165) is 30.8 Å². The minimum absolute atomic E-state index is 0.592. The lowest BCUT2D eigenvalue weighted by atomic mass is 10.1. The highest BCUT2D eigenvalue weighted by molar-refractivity contribution is 5.77. The zero-order chi connectivity index (χ0) is 16.2. The molecule has 0 atom stereocenters. The fraction of sp³-hybridized carbons (Fsp3) is 0.588. The van der Waals surface area contributed by atoms with Gasteiger partial charge in [-0.25, -0.2) is 4.99 Å². The first-order valence-electron chi connectivity index (χ1n) is 7.99. The van der Waals surface area contributed by atoms with Crippen molar-refractivity contribution < 1.29 is 9.47 Å². The Hall–Kier alpha value is -1.59. The summed E-state index contributed by atoms with van der Waals surface area (Å²) < 4.78 is 10.8. The number of aliphatic imine (C=N–C) groups is 1. The molecule has 0 saturated heterocycles. The smallest absolute Gasteiger partial charge is 0.191 e. The molecule has 2 N–H and O–H groups in total. The van der Waals surface area contributed by atoms with Gasteiger partial charge < -0.3 is 20.1 Å². The normalized spacial score (nSPS) is 11.7. The molecule has 1 rings (SSSR count). The van der Waals surface area contributed by atoms with Gasteiger partial charge in [0.05, 0.1) is 26.4 Å². The summed E-state index contributed by atoms with van der Waals surface area (Å²) in [6.07, 6.45) is 0. The first kappa shape index (κ1) is 18.5. The number of rotatable bonds is 10. The van der Waals surface area contributed by atoms with Gasteiger partial charge in [0.2, 0.25) is 0 Å². The Labute approximate surface area is 134 Å². The van der Waals surface area contributed by atoms with E-state index in [4.69, 9.17) is 15.2 Å². The van der Waals surface area contributed by atoms with Gasteiger partial charge >= 0.3 is 0 Å². The molecule has 0 spiro atoms. The van der Waals surface area contributed by atoms with Crippen molar-refractivity contribution >= 4 is 5.96 Å². The number of nitrogens with zero attached hydrogens (tertiary/aromatic N) is 2. The summed E-state index contributed by atoms with van der Waals surface area (Å²) in [6.45, 7) is 11.0. The van der Waals surface area contributed by atoms with Gasteiger partial charge in [-0.3, -0.25) is 0 Å². The molecule has 0 amide bonds. The lowest BCUT2D eigenvalue weighted by Gasteiger charge is -2.19. The maximum atomic E-state index is 5.99. The lowest BCUT2D eigenvalue weighted by Crippen LogP contribution is -2.37. The molecule has 1 aromatic carbocycles. The summed E-state index contributed by atoms with van der Waals surface area (Å²) in [5.74, 6) is 0.600. The van der Waals surface area contributed by atoms with Gasteiger partial charge in [0.1, 0.15) is 0 Å². The first-order valence-corrected chi connectivity index (χ1v) is 7.99. The van der Waals surface area contributed by atoms with E-state index in [1.807, 2.05) is 17.9 Å². The van der Waals surface area contributed by atoms with E-state index in [-0.39, 0.29) is 0 Å². The van der Waals surface area contributed by atoms with Crippen molar-refractivity contribution in [3.8, 4) is 0 Å². The number of ether oxygens (including phenoxy) is 2.